The molecule has 1 N–H and O–H groups in total. The van der Waals surface area contributed by atoms with Crippen LogP contribution in [0.1, 0.15) is 11.5 Å². The Labute approximate surface area is 211 Å². The van der Waals surface area contributed by atoms with Gasteiger partial charge in [-0.3, -0.25) is 14.5 Å². The van der Waals surface area contributed by atoms with Gasteiger partial charge in [0.25, 0.3) is 5.91 Å². The average Bonchev–Trinajstić information content (AvgIpc) is 3.13. The van der Waals surface area contributed by atoms with Gasteiger partial charge in [-0.1, -0.05) is 0 Å². The van der Waals surface area contributed by atoms with Crippen molar-refractivity contribution in [3.8, 4) is 0 Å². The van der Waals surface area contributed by atoms with Crippen molar-refractivity contribution in [3.05, 3.63) is 45.9 Å². The van der Waals surface area contributed by atoms with E-state index in [1.54, 1.807) is 0 Å². The van der Waals surface area contributed by atoms with Crippen LogP contribution in [0.25, 0.3) is 0 Å². The highest BCUT2D eigenvalue weighted by molar-refractivity contribution is 5.90. The zero-order valence-electron chi connectivity index (χ0n) is 19.7. The van der Waals surface area contributed by atoms with E-state index < -0.39 is 53.9 Å². The first-order chi connectivity index (χ1) is 18.0. The molecule has 11 nitrogen and oxygen atoms in total. The lowest BCUT2D eigenvalue weighted by atomic mass is 10.2. The van der Waals surface area contributed by atoms with Crippen LogP contribution in [0.4, 0.5) is 33.7 Å². The van der Waals surface area contributed by atoms with Crippen LogP contribution in [0.5, 0.6) is 0 Å². The van der Waals surface area contributed by atoms with E-state index in [9.17, 15) is 36.7 Å². The summed E-state index contributed by atoms with van der Waals surface area (Å²) < 4.78 is 74.3. The zero-order valence-corrected chi connectivity index (χ0v) is 19.7. The largest absolute Gasteiger partial charge is 0.519 e. The van der Waals surface area contributed by atoms with E-state index in [2.05, 4.69) is 0 Å². The first-order valence-electron chi connectivity index (χ1n) is 11.6. The number of amides is 2. The van der Waals surface area contributed by atoms with Gasteiger partial charge in [-0.15, -0.1) is 0 Å². The molecule has 2 unspecified atom stereocenters. The molecule has 204 valence electrons. The van der Waals surface area contributed by atoms with Crippen LogP contribution < -0.4 is 20.9 Å². The number of hydrogen-bond donors (Lipinski definition) is 1. The van der Waals surface area contributed by atoms with Crippen LogP contribution in [0, 0.1) is 36.3 Å². The second-order valence-electron chi connectivity index (χ2n) is 9.22. The number of nitrogens with one attached hydrogen (secondary N) is 1. The van der Waals surface area contributed by atoms with Crippen molar-refractivity contribution >= 4 is 29.3 Å². The maximum atomic E-state index is 15.0. The monoisotopic (exact) mass is 543 g/mol. The van der Waals surface area contributed by atoms with Crippen LogP contribution in [-0.2, 0) is 25.7 Å². The molecule has 4 atom stereocenters. The molecule has 0 bridgehead atoms. The average molecular weight is 543 g/mol. The molecule has 1 aromatic carbocycles. The number of carbonyl (C=O) groups is 3. The van der Waals surface area contributed by atoms with Crippen LogP contribution in [-0.4, -0.2) is 56.7 Å². The van der Waals surface area contributed by atoms with Crippen molar-refractivity contribution < 1.29 is 50.3 Å². The van der Waals surface area contributed by atoms with Gasteiger partial charge < -0.3 is 28.5 Å². The van der Waals surface area contributed by atoms with Gasteiger partial charge in [0.05, 0.1) is 24.7 Å². The Bertz CT molecular complexity index is 1310. The molecule has 3 fully saturated rings. The zero-order chi connectivity index (χ0) is 27.3. The number of aryl methyl sites for hydroxylation is 1. The number of cyclic esters (lactones) is 1. The molecular weight excluding hydrogens is 522 g/mol. The van der Waals surface area contributed by atoms with Gasteiger partial charge in [0, 0.05) is 25.2 Å². The smallest absolute Gasteiger partial charge is 0.457 e. The molecule has 0 spiro atoms. The molecule has 1 aliphatic carbocycles. The number of hydrogen-bond acceptors (Lipinski definition) is 9. The highest BCUT2D eigenvalue weighted by atomic mass is 19.3. The van der Waals surface area contributed by atoms with Crippen molar-refractivity contribution in [1.82, 2.24) is 5.32 Å². The predicted molar refractivity (Wildman–Crippen MR) is 117 cm³/mol. The number of rotatable bonds is 8. The lowest BCUT2D eigenvalue weighted by Crippen LogP contribution is -2.37. The molecule has 5 rings (SSSR count). The fraction of sp³-hybridized carbons (Fsp3) is 0.478. The van der Waals surface area contributed by atoms with Gasteiger partial charge in [0.1, 0.15) is 11.8 Å². The lowest BCUT2D eigenvalue weighted by Gasteiger charge is -2.24. The van der Waals surface area contributed by atoms with E-state index >= 15 is 0 Å². The summed E-state index contributed by atoms with van der Waals surface area (Å²) in [5.74, 6) is -5.29. The molecule has 15 heteroatoms. The fourth-order valence-corrected chi connectivity index (χ4v) is 4.94. The molecule has 0 radical (unpaired) electrons. The molecule has 2 aromatic rings. The number of halogens is 4. The molecular formula is C23H21F4N3O8. The SMILES string of the molecule is Cc1oc(=O)oc1COC(=O)C1[C@H]2CN(c3c(F)cc(N4CC(CNC(=O)C(F)F)OC4=O)cc3F)C[C@@H]12. The van der Waals surface area contributed by atoms with E-state index in [1.807, 2.05) is 5.32 Å². The van der Waals surface area contributed by atoms with Crippen molar-refractivity contribution in [1.29, 1.82) is 0 Å². The molecule has 2 amide bonds. The van der Waals surface area contributed by atoms with Gasteiger partial charge >= 0.3 is 24.3 Å². The molecule has 1 saturated carbocycles. The summed E-state index contributed by atoms with van der Waals surface area (Å²) >= 11 is 0. The minimum Gasteiger partial charge on any atom is -0.457 e. The Morgan fingerprint density at radius 1 is 1.11 bits per heavy atom. The van der Waals surface area contributed by atoms with E-state index in [1.165, 1.54) is 11.8 Å². The number of esters is 1. The van der Waals surface area contributed by atoms with Crippen molar-refractivity contribution in [2.24, 2.45) is 17.8 Å². The quantitative estimate of drug-likeness (QED) is 0.392. The number of ether oxygens (including phenoxy) is 2. The Balaban J connectivity index is 1.17. The second-order valence-corrected chi connectivity index (χ2v) is 9.22. The van der Waals surface area contributed by atoms with E-state index in [-0.39, 0.29) is 67.5 Å². The summed E-state index contributed by atoms with van der Waals surface area (Å²) in [7, 11) is 0. The van der Waals surface area contributed by atoms with Gasteiger partial charge in [0.2, 0.25) is 0 Å². The number of carbonyl (C=O) groups excluding carboxylic acids is 3. The summed E-state index contributed by atoms with van der Waals surface area (Å²) in [6.45, 7) is 1.04. The third-order valence-corrected chi connectivity index (χ3v) is 6.85. The molecule has 2 aliphatic heterocycles. The summed E-state index contributed by atoms with van der Waals surface area (Å²) in [6.07, 6.45) is -5.15. The van der Waals surface area contributed by atoms with E-state index in [0.717, 1.165) is 17.0 Å². The topological polar surface area (TPSA) is 132 Å². The number of fused-ring (bicyclic) bond motifs is 1. The lowest BCUT2D eigenvalue weighted by molar-refractivity contribution is -0.148. The summed E-state index contributed by atoms with van der Waals surface area (Å²) in [4.78, 5) is 49.1. The van der Waals surface area contributed by atoms with Gasteiger partial charge in [-0.25, -0.2) is 18.4 Å². The Kier molecular flexibility index (Phi) is 6.53. The Morgan fingerprint density at radius 2 is 1.76 bits per heavy atom. The molecule has 3 heterocycles. The van der Waals surface area contributed by atoms with Gasteiger partial charge in [0.15, 0.2) is 29.8 Å². The Hall–Kier alpha value is -4.04. The fourth-order valence-electron chi connectivity index (χ4n) is 4.94. The third-order valence-electron chi connectivity index (χ3n) is 6.85. The summed E-state index contributed by atoms with van der Waals surface area (Å²) in [5.41, 5.74) is -0.444. The summed E-state index contributed by atoms with van der Waals surface area (Å²) in [5, 5.41) is 1.92. The normalized spacial score (nSPS) is 24.0. The maximum Gasteiger partial charge on any atom is 0.519 e. The van der Waals surface area contributed by atoms with Gasteiger partial charge in [-0.2, -0.15) is 8.78 Å². The highest BCUT2D eigenvalue weighted by Gasteiger charge is 2.61. The first kappa shape index (κ1) is 25.6. The number of nitrogens with zero attached hydrogens (tertiary/aromatic N) is 2. The third kappa shape index (κ3) is 4.79. The van der Waals surface area contributed by atoms with Crippen molar-refractivity contribution in [2.45, 2.75) is 26.1 Å². The summed E-state index contributed by atoms with van der Waals surface area (Å²) in [6, 6.07) is 1.91. The minimum atomic E-state index is -3.23. The highest BCUT2D eigenvalue weighted by Crippen LogP contribution is 2.53. The predicted octanol–water partition coefficient (Wildman–Crippen LogP) is 1.95. The number of anilines is 2. The Morgan fingerprint density at radius 3 is 2.34 bits per heavy atom. The number of benzene rings is 1. The minimum absolute atomic E-state index is 0.103. The molecule has 3 aliphatic rings. The van der Waals surface area contributed by atoms with Crippen molar-refractivity contribution in [3.63, 3.8) is 0 Å². The maximum absolute atomic E-state index is 15.0. The van der Waals surface area contributed by atoms with Crippen LogP contribution >= 0.6 is 0 Å². The van der Waals surface area contributed by atoms with E-state index in [4.69, 9.17) is 18.3 Å². The number of piperidine rings is 1. The number of alkyl halides is 2. The van der Waals surface area contributed by atoms with Crippen LogP contribution in [0.15, 0.2) is 25.8 Å². The molecule has 2 saturated heterocycles. The van der Waals surface area contributed by atoms with Crippen LogP contribution in [0.2, 0.25) is 0 Å². The molecule has 1 aromatic heterocycles. The van der Waals surface area contributed by atoms with Crippen molar-refractivity contribution in [2.75, 3.05) is 36.0 Å². The standard InChI is InChI=1S/C23H21F4N3O8/c1-9-16(38-23(34)36-9)8-35-21(32)17-12-6-29(7-13(12)17)18-14(24)2-10(3-15(18)25)30-5-11(37-22(30)33)4-28-20(31)19(26)27/h2-3,11-13,17,19H,4-8H2,1H3,(H,28,31)/t11?,12-,13+,17?. The van der Waals surface area contributed by atoms with E-state index in [0.29, 0.717) is 0 Å². The van der Waals surface area contributed by atoms with Crippen LogP contribution in [0.3, 0.4) is 0 Å². The molecule has 38 heavy (non-hydrogen) atoms. The second kappa shape index (κ2) is 9.68. The first-order valence-corrected chi connectivity index (χ1v) is 11.6. The van der Waals surface area contributed by atoms with Gasteiger partial charge in [-0.05, 0) is 18.8 Å².